The van der Waals surface area contributed by atoms with Crippen molar-refractivity contribution in [1.29, 1.82) is 0 Å². The van der Waals surface area contributed by atoms with Crippen molar-refractivity contribution in [2.75, 3.05) is 26.9 Å². The second kappa shape index (κ2) is 11.5. The molecule has 1 aliphatic rings. The van der Waals surface area contributed by atoms with Gasteiger partial charge in [0.2, 0.25) is 5.91 Å². The van der Waals surface area contributed by atoms with Crippen LogP contribution in [0, 0.1) is 5.92 Å². The van der Waals surface area contributed by atoms with E-state index in [1.165, 1.54) is 7.11 Å². The van der Waals surface area contributed by atoms with Gasteiger partial charge in [0, 0.05) is 26.0 Å². The molecule has 2 atom stereocenters. The summed E-state index contributed by atoms with van der Waals surface area (Å²) in [6.07, 6.45) is -0.214. The highest BCUT2D eigenvalue weighted by Gasteiger charge is 2.29. The molecule has 3 rings (SSSR count). The highest BCUT2D eigenvalue weighted by molar-refractivity contribution is 5.86. The van der Waals surface area contributed by atoms with Crippen LogP contribution >= 0.6 is 0 Å². The molecule has 1 unspecified atom stereocenters. The summed E-state index contributed by atoms with van der Waals surface area (Å²) in [4.78, 5) is 35.7. The summed E-state index contributed by atoms with van der Waals surface area (Å²) in [5.41, 5.74) is 4.48. The number of nitrogens with one attached hydrogen (secondary N) is 2. The molecular formula is C25H30N2O6. The first-order chi connectivity index (χ1) is 15.9. The fourth-order valence-corrected chi connectivity index (χ4v) is 4.00. The number of carbonyl (C=O) groups is 3. The van der Waals surface area contributed by atoms with Gasteiger partial charge in [-0.05, 0) is 34.6 Å². The third-order valence-corrected chi connectivity index (χ3v) is 5.76. The number of rotatable bonds is 11. The van der Waals surface area contributed by atoms with Crippen LogP contribution in [0.5, 0.6) is 0 Å². The summed E-state index contributed by atoms with van der Waals surface area (Å²) < 4.78 is 10.6. The van der Waals surface area contributed by atoms with Crippen molar-refractivity contribution < 1.29 is 29.0 Å². The van der Waals surface area contributed by atoms with Gasteiger partial charge in [-0.15, -0.1) is 0 Å². The molecule has 0 heterocycles. The normalized spacial score (nSPS) is 14.0. The van der Waals surface area contributed by atoms with Crippen LogP contribution in [-0.2, 0) is 19.1 Å². The predicted molar refractivity (Wildman–Crippen MR) is 123 cm³/mol. The van der Waals surface area contributed by atoms with E-state index >= 15 is 0 Å². The minimum Gasteiger partial charge on any atom is -0.481 e. The third-order valence-electron chi connectivity index (χ3n) is 5.76. The van der Waals surface area contributed by atoms with Crippen molar-refractivity contribution in [3.63, 3.8) is 0 Å². The Bertz CT molecular complexity index is 947. The predicted octanol–water partition coefficient (Wildman–Crippen LogP) is 3.16. The molecule has 2 aromatic rings. The number of hydrogen-bond acceptors (Lipinski definition) is 5. The van der Waals surface area contributed by atoms with Crippen LogP contribution in [0.1, 0.15) is 36.8 Å². The number of carboxylic acids is 1. The fraction of sp³-hybridized carbons (Fsp3) is 0.400. The molecule has 8 heteroatoms. The molecule has 2 amide bonds. The summed E-state index contributed by atoms with van der Waals surface area (Å²) in [7, 11) is 1.44. The first-order valence-electron chi connectivity index (χ1n) is 11.0. The molecule has 0 saturated carbocycles. The lowest BCUT2D eigenvalue weighted by atomic mass is 9.98. The molecular weight excluding hydrogens is 424 g/mol. The van der Waals surface area contributed by atoms with E-state index < -0.39 is 24.0 Å². The van der Waals surface area contributed by atoms with E-state index in [-0.39, 0.29) is 31.5 Å². The summed E-state index contributed by atoms with van der Waals surface area (Å²) >= 11 is 0. The number of hydrogen-bond donors (Lipinski definition) is 3. The summed E-state index contributed by atoms with van der Waals surface area (Å²) in [5.74, 6) is -1.37. The molecule has 0 spiro atoms. The maximum atomic E-state index is 12.5. The smallest absolute Gasteiger partial charge is 0.407 e. The van der Waals surface area contributed by atoms with E-state index in [0.29, 0.717) is 13.0 Å². The fourth-order valence-electron chi connectivity index (χ4n) is 4.00. The molecule has 0 aromatic heterocycles. The lowest BCUT2D eigenvalue weighted by Gasteiger charge is -2.20. The molecule has 1 aliphatic carbocycles. The van der Waals surface area contributed by atoms with Crippen molar-refractivity contribution in [3.8, 4) is 11.1 Å². The topological polar surface area (TPSA) is 114 Å². The maximum Gasteiger partial charge on any atom is 0.407 e. The Kier molecular flexibility index (Phi) is 8.43. The number of carboxylic acid groups (broad SMARTS) is 1. The highest BCUT2D eigenvalue weighted by Crippen LogP contribution is 2.44. The van der Waals surface area contributed by atoms with Crippen LogP contribution < -0.4 is 10.6 Å². The van der Waals surface area contributed by atoms with Gasteiger partial charge in [0.05, 0.1) is 6.61 Å². The van der Waals surface area contributed by atoms with Gasteiger partial charge in [0.15, 0.2) is 0 Å². The molecule has 0 aliphatic heterocycles. The van der Waals surface area contributed by atoms with Gasteiger partial charge >= 0.3 is 12.1 Å². The number of alkyl carbamates (subject to hydrolysis) is 1. The van der Waals surface area contributed by atoms with Crippen molar-refractivity contribution in [2.45, 2.75) is 31.7 Å². The zero-order chi connectivity index (χ0) is 23.8. The Hall–Kier alpha value is -3.39. The molecule has 3 N–H and O–H groups in total. The standard InChI is InChI=1S/C25H30N2O6/c1-16(11-12-23(28)29)13-26-24(30)22(15-32-2)27-25(31)33-14-21-19-9-5-3-7-17(19)18-8-4-6-10-20(18)21/h3-10,16,21-22H,11-15H2,1-2H3,(H,26,30)(H,27,31)(H,28,29)/t16?,22-/m0/s1. The zero-order valence-corrected chi connectivity index (χ0v) is 18.9. The zero-order valence-electron chi connectivity index (χ0n) is 18.9. The Morgan fingerprint density at radius 2 is 1.64 bits per heavy atom. The lowest BCUT2D eigenvalue weighted by Crippen LogP contribution is -2.50. The monoisotopic (exact) mass is 454 g/mol. The number of fused-ring (bicyclic) bond motifs is 3. The summed E-state index contributed by atoms with van der Waals surface area (Å²) in [5, 5.41) is 14.1. The Morgan fingerprint density at radius 1 is 1.03 bits per heavy atom. The van der Waals surface area contributed by atoms with Gasteiger partial charge in [-0.25, -0.2) is 4.79 Å². The van der Waals surface area contributed by atoms with Gasteiger partial charge in [0.25, 0.3) is 0 Å². The molecule has 0 bridgehead atoms. The van der Waals surface area contributed by atoms with E-state index in [0.717, 1.165) is 22.3 Å². The van der Waals surface area contributed by atoms with Crippen molar-refractivity contribution >= 4 is 18.0 Å². The minimum absolute atomic E-state index is 0.0114. The quantitative estimate of drug-likeness (QED) is 0.481. The number of aliphatic carboxylic acids is 1. The minimum atomic E-state index is -0.919. The molecule has 8 nitrogen and oxygen atoms in total. The summed E-state index contributed by atoms with van der Waals surface area (Å²) in [6.45, 7) is 2.29. The Morgan fingerprint density at radius 3 is 2.21 bits per heavy atom. The Labute approximate surface area is 193 Å². The van der Waals surface area contributed by atoms with Crippen LogP contribution in [-0.4, -0.2) is 56.0 Å². The van der Waals surface area contributed by atoms with E-state index in [9.17, 15) is 14.4 Å². The number of ether oxygens (including phenoxy) is 2. The van der Waals surface area contributed by atoms with Crippen LogP contribution in [0.4, 0.5) is 4.79 Å². The van der Waals surface area contributed by atoms with Crippen LogP contribution in [0.25, 0.3) is 11.1 Å². The average Bonchev–Trinajstić information content (AvgIpc) is 3.13. The molecule has 176 valence electrons. The first-order valence-corrected chi connectivity index (χ1v) is 11.0. The van der Waals surface area contributed by atoms with Crippen molar-refractivity contribution in [3.05, 3.63) is 59.7 Å². The van der Waals surface area contributed by atoms with Gasteiger partial charge in [-0.2, -0.15) is 0 Å². The number of amides is 2. The van der Waals surface area contributed by atoms with Crippen LogP contribution in [0.3, 0.4) is 0 Å². The maximum absolute atomic E-state index is 12.5. The van der Waals surface area contributed by atoms with Gasteiger partial charge in [-0.3, -0.25) is 9.59 Å². The number of benzene rings is 2. The van der Waals surface area contributed by atoms with E-state index in [4.69, 9.17) is 14.6 Å². The molecule has 0 fully saturated rings. The van der Waals surface area contributed by atoms with E-state index in [2.05, 4.69) is 22.8 Å². The van der Waals surface area contributed by atoms with Crippen molar-refractivity contribution in [1.82, 2.24) is 10.6 Å². The summed E-state index contributed by atoms with van der Waals surface area (Å²) in [6, 6.07) is 15.2. The van der Waals surface area contributed by atoms with Gasteiger partial charge in [0.1, 0.15) is 12.6 Å². The first kappa shape index (κ1) is 24.3. The third kappa shape index (κ3) is 6.32. The largest absolute Gasteiger partial charge is 0.481 e. The van der Waals surface area contributed by atoms with Crippen molar-refractivity contribution in [2.24, 2.45) is 5.92 Å². The average molecular weight is 455 g/mol. The molecule has 0 radical (unpaired) electrons. The molecule has 0 saturated heterocycles. The molecule has 33 heavy (non-hydrogen) atoms. The lowest BCUT2D eigenvalue weighted by molar-refractivity contribution is -0.137. The van der Waals surface area contributed by atoms with Gasteiger partial charge in [-0.1, -0.05) is 55.5 Å². The van der Waals surface area contributed by atoms with E-state index in [1.807, 2.05) is 43.3 Å². The Balaban J connectivity index is 1.55. The highest BCUT2D eigenvalue weighted by atomic mass is 16.5. The second-order valence-electron chi connectivity index (χ2n) is 8.26. The van der Waals surface area contributed by atoms with E-state index in [1.54, 1.807) is 0 Å². The van der Waals surface area contributed by atoms with Crippen LogP contribution in [0.15, 0.2) is 48.5 Å². The number of carbonyl (C=O) groups excluding carboxylic acids is 2. The number of methoxy groups -OCH3 is 1. The SMILES string of the molecule is COC[C@H](NC(=O)OCC1c2ccccc2-c2ccccc21)C(=O)NCC(C)CCC(=O)O. The second-order valence-corrected chi connectivity index (χ2v) is 8.26. The van der Waals surface area contributed by atoms with Gasteiger partial charge < -0.3 is 25.2 Å². The van der Waals surface area contributed by atoms with Crippen LogP contribution in [0.2, 0.25) is 0 Å². The molecule has 2 aromatic carbocycles.